The van der Waals surface area contributed by atoms with Crippen molar-refractivity contribution in [3.8, 4) is 0 Å². The molecule has 0 aromatic carbocycles. The molecule has 4 aliphatic rings. The first kappa shape index (κ1) is 26.6. The molecule has 34 heavy (non-hydrogen) atoms. The standard InChI is InChI=1S/C30H52O4/c1-19(2)10-9-13-29(8,33)30(34)17-16-28(7)24(30)20(31)18-22-26(5)14-12-23(32)25(3,4)21(26)11-15-27(22,28)6/h10,20-24,31-34H,9,11-18H2,1-8H3. The first-order chi connectivity index (χ1) is 15.5. The average molecular weight is 477 g/mol. The smallest absolute Gasteiger partial charge is 0.0988 e. The summed E-state index contributed by atoms with van der Waals surface area (Å²) < 4.78 is 0. The Kier molecular flexibility index (Phi) is 6.30. The van der Waals surface area contributed by atoms with Crippen LogP contribution in [0.1, 0.15) is 113 Å². The van der Waals surface area contributed by atoms with Crippen LogP contribution >= 0.6 is 0 Å². The maximum absolute atomic E-state index is 12.2. The van der Waals surface area contributed by atoms with Crippen LogP contribution in [0.25, 0.3) is 0 Å². The van der Waals surface area contributed by atoms with E-state index in [-0.39, 0.29) is 33.7 Å². The van der Waals surface area contributed by atoms with Crippen molar-refractivity contribution in [2.75, 3.05) is 0 Å². The van der Waals surface area contributed by atoms with Gasteiger partial charge in [-0.05, 0) is 112 Å². The summed E-state index contributed by atoms with van der Waals surface area (Å²) >= 11 is 0. The lowest BCUT2D eigenvalue weighted by atomic mass is 9.35. The fourth-order valence-corrected chi connectivity index (χ4v) is 10.3. The molecule has 0 radical (unpaired) electrons. The van der Waals surface area contributed by atoms with Gasteiger partial charge in [0.05, 0.1) is 23.4 Å². The molecule has 0 saturated heterocycles. The molecule has 4 aliphatic carbocycles. The molecular formula is C30H52O4. The lowest BCUT2D eigenvalue weighted by Gasteiger charge is -2.70. The highest BCUT2D eigenvalue weighted by Gasteiger charge is 2.74. The molecule has 0 aromatic rings. The van der Waals surface area contributed by atoms with Gasteiger partial charge < -0.3 is 20.4 Å². The molecule has 10 unspecified atom stereocenters. The molecule has 10 atom stereocenters. The molecule has 4 saturated carbocycles. The fraction of sp³-hybridized carbons (Fsp3) is 0.933. The molecule has 0 amide bonds. The van der Waals surface area contributed by atoms with Crippen LogP contribution < -0.4 is 0 Å². The molecule has 0 aromatic heterocycles. The molecule has 0 spiro atoms. The van der Waals surface area contributed by atoms with Gasteiger partial charge in [-0.15, -0.1) is 0 Å². The molecule has 4 N–H and O–H groups in total. The van der Waals surface area contributed by atoms with E-state index in [0.29, 0.717) is 31.1 Å². The largest absolute Gasteiger partial charge is 0.393 e. The molecule has 0 aliphatic heterocycles. The van der Waals surface area contributed by atoms with E-state index in [1.807, 2.05) is 0 Å². The Morgan fingerprint density at radius 3 is 2.18 bits per heavy atom. The third kappa shape index (κ3) is 3.37. The van der Waals surface area contributed by atoms with Gasteiger partial charge in [0.15, 0.2) is 0 Å². The zero-order valence-corrected chi connectivity index (χ0v) is 23.1. The number of aliphatic hydroxyl groups is 4. The molecule has 0 bridgehead atoms. The number of aliphatic hydroxyl groups excluding tert-OH is 2. The molecule has 0 heterocycles. The van der Waals surface area contributed by atoms with Crippen molar-refractivity contribution in [2.45, 2.75) is 137 Å². The van der Waals surface area contributed by atoms with Crippen molar-refractivity contribution in [3.63, 3.8) is 0 Å². The van der Waals surface area contributed by atoms with E-state index in [0.717, 1.165) is 38.5 Å². The van der Waals surface area contributed by atoms with Gasteiger partial charge in [0, 0.05) is 5.92 Å². The minimum Gasteiger partial charge on any atom is -0.393 e. The number of hydrogen-bond acceptors (Lipinski definition) is 4. The van der Waals surface area contributed by atoms with E-state index < -0.39 is 17.3 Å². The van der Waals surface area contributed by atoms with E-state index in [1.165, 1.54) is 5.57 Å². The van der Waals surface area contributed by atoms with Crippen LogP contribution in [-0.2, 0) is 0 Å². The summed E-state index contributed by atoms with van der Waals surface area (Å²) in [4.78, 5) is 0. The predicted octanol–water partition coefficient (Wildman–Crippen LogP) is 5.62. The summed E-state index contributed by atoms with van der Waals surface area (Å²) in [6.45, 7) is 17.6. The first-order valence-corrected chi connectivity index (χ1v) is 13.9. The highest BCUT2D eigenvalue weighted by Crippen LogP contribution is 2.76. The van der Waals surface area contributed by atoms with Crippen molar-refractivity contribution in [2.24, 2.45) is 39.4 Å². The number of allylic oxidation sites excluding steroid dienone is 2. The quantitative estimate of drug-likeness (QED) is 0.397. The summed E-state index contributed by atoms with van der Waals surface area (Å²) in [5.74, 6) is 0.451. The third-order valence-corrected chi connectivity index (χ3v) is 12.5. The second-order valence-electron chi connectivity index (χ2n) is 14.7. The Morgan fingerprint density at radius 2 is 1.56 bits per heavy atom. The van der Waals surface area contributed by atoms with Crippen LogP contribution in [0.4, 0.5) is 0 Å². The van der Waals surface area contributed by atoms with E-state index in [2.05, 4.69) is 54.5 Å². The van der Waals surface area contributed by atoms with Crippen molar-refractivity contribution in [1.29, 1.82) is 0 Å². The van der Waals surface area contributed by atoms with Crippen molar-refractivity contribution >= 4 is 0 Å². The number of fused-ring (bicyclic) bond motifs is 5. The van der Waals surface area contributed by atoms with Gasteiger partial charge in [-0.2, -0.15) is 0 Å². The van der Waals surface area contributed by atoms with Gasteiger partial charge in [0.2, 0.25) is 0 Å². The molecule has 196 valence electrons. The SMILES string of the molecule is CC(C)=CCCC(C)(O)C1(O)CCC2(C)C1C(O)CC1C3(C)CCC(O)C(C)(C)C3CCC12C. The Hall–Kier alpha value is -0.420. The number of rotatable bonds is 4. The van der Waals surface area contributed by atoms with E-state index in [9.17, 15) is 20.4 Å². The Balaban J connectivity index is 1.71. The second-order valence-corrected chi connectivity index (χ2v) is 14.7. The van der Waals surface area contributed by atoms with E-state index in [4.69, 9.17) is 0 Å². The van der Waals surface area contributed by atoms with Crippen LogP contribution in [0.2, 0.25) is 0 Å². The highest BCUT2D eigenvalue weighted by atomic mass is 16.4. The zero-order valence-electron chi connectivity index (χ0n) is 23.1. The van der Waals surface area contributed by atoms with E-state index >= 15 is 0 Å². The van der Waals surface area contributed by atoms with Crippen LogP contribution in [0.3, 0.4) is 0 Å². The van der Waals surface area contributed by atoms with Crippen molar-refractivity contribution in [3.05, 3.63) is 11.6 Å². The maximum atomic E-state index is 12.2. The lowest BCUT2D eigenvalue weighted by Crippen LogP contribution is -2.69. The molecule has 4 rings (SSSR count). The minimum absolute atomic E-state index is 0.0129. The summed E-state index contributed by atoms with van der Waals surface area (Å²) in [6, 6.07) is 0. The third-order valence-electron chi connectivity index (χ3n) is 12.5. The van der Waals surface area contributed by atoms with Gasteiger partial charge in [0.25, 0.3) is 0 Å². The topological polar surface area (TPSA) is 80.9 Å². The number of hydrogen-bond donors (Lipinski definition) is 4. The Bertz CT molecular complexity index is 828. The normalized spacial score (nSPS) is 51.6. The molecular weight excluding hydrogens is 424 g/mol. The van der Waals surface area contributed by atoms with Crippen molar-refractivity contribution < 1.29 is 20.4 Å². The summed E-state index contributed by atoms with van der Waals surface area (Å²) in [7, 11) is 0. The van der Waals surface area contributed by atoms with Gasteiger partial charge in [-0.1, -0.05) is 46.3 Å². The average Bonchev–Trinajstić information content (AvgIpc) is 3.02. The van der Waals surface area contributed by atoms with Crippen LogP contribution in [0, 0.1) is 39.4 Å². The van der Waals surface area contributed by atoms with Gasteiger partial charge in [-0.3, -0.25) is 0 Å². The van der Waals surface area contributed by atoms with Crippen LogP contribution in [0.15, 0.2) is 11.6 Å². The minimum atomic E-state index is -1.29. The molecule has 4 fully saturated rings. The first-order valence-electron chi connectivity index (χ1n) is 13.9. The zero-order chi connectivity index (χ0) is 25.5. The maximum Gasteiger partial charge on any atom is 0.0988 e. The summed E-state index contributed by atoms with van der Waals surface area (Å²) in [6.07, 6.45) is 8.50. The summed E-state index contributed by atoms with van der Waals surface area (Å²) in [5, 5.41) is 46.4. The van der Waals surface area contributed by atoms with Crippen molar-refractivity contribution in [1.82, 2.24) is 0 Å². The van der Waals surface area contributed by atoms with Gasteiger partial charge >= 0.3 is 0 Å². The Labute approximate surface area is 208 Å². The fourth-order valence-electron chi connectivity index (χ4n) is 10.3. The van der Waals surface area contributed by atoms with Gasteiger partial charge in [0.1, 0.15) is 0 Å². The van der Waals surface area contributed by atoms with Crippen LogP contribution in [-0.4, -0.2) is 43.8 Å². The van der Waals surface area contributed by atoms with Gasteiger partial charge in [-0.25, -0.2) is 0 Å². The molecule has 4 nitrogen and oxygen atoms in total. The lowest BCUT2D eigenvalue weighted by molar-refractivity contribution is -0.271. The van der Waals surface area contributed by atoms with E-state index in [1.54, 1.807) is 6.92 Å². The predicted molar refractivity (Wildman–Crippen MR) is 137 cm³/mol. The molecule has 4 heteroatoms. The second kappa shape index (κ2) is 8.04. The Morgan fingerprint density at radius 1 is 0.912 bits per heavy atom. The summed E-state index contributed by atoms with van der Waals surface area (Å²) in [5.41, 5.74) is -1.62. The highest BCUT2D eigenvalue weighted by molar-refractivity contribution is 5.24. The monoisotopic (exact) mass is 476 g/mol. The van der Waals surface area contributed by atoms with Crippen LogP contribution in [0.5, 0.6) is 0 Å².